The first-order valence-corrected chi connectivity index (χ1v) is 4.56. The normalized spacial score (nSPS) is 11.7. The summed E-state index contributed by atoms with van der Waals surface area (Å²) in [6.07, 6.45) is -4.38. The van der Waals surface area contributed by atoms with Crippen molar-refractivity contribution in [3.63, 3.8) is 0 Å². The Morgan fingerprint density at radius 2 is 2.08 bits per heavy atom. The van der Waals surface area contributed by atoms with E-state index in [1.54, 1.807) is 0 Å². The Morgan fingerprint density at radius 3 is 2.46 bits per heavy atom. The maximum atomic E-state index is 12.0. The molecular formula is C7H4ClF3OS. The second-order valence-electron chi connectivity index (χ2n) is 2.22. The number of ketones is 1. The average Bonchev–Trinajstić information content (AvgIpc) is 2.50. The van der Waals surface area contributed by atoms with Gasteiger partial charge in [-0.3, -0.25) is 4.79 Å². The standard InChI is InChI=1S/C7H4ClF3OS/c8-3-4(12)5-1-2-6(13-5)7(9,10)11/h1-2H,3H2. The van der Waals surface area contributed by atoms with Crippen molar-refractivity contribution in [2.45, 2.75) is 6.18 Å². The van der Waals surface area contributed by atoms with Gasteiger partial charge in [0.1, 0.15) is 4.88 Å². The lowest BCUT2D eigenvalue weighted by molar-refractivity contribution is -0.134. The zero-order valence-electron chi connectivity index (χ0n) is 6.19. The predicted octanol–water partition coefficient (Wildman–Crippen LogP) is 3.19. The molecular weight excluding hydrogens is 225 g/mol. The molecule has 0 bridgehead atoms. The SMILES string of the molecule is O=C(CCl)c1ccc(C(F)(F)F)s1. The summed E-state index contributed by atoms with van der Waals surface area (Å²) in [4.78, 5) is 10.1. The number of halogens is 4. The first kappa shape index (κ1) is 10.5. The van der Waals surface area contributed by atoms with E-state index in [4.69, 9.17) is 11.6 Å². The van der Waals surface area contributed by atoms with E-state index < -0.39 is 16.8 Å². The van der Waals surface area contributed by atoms with Gasteiger partial charge in [-0.25, -0.2) is 0 Å². The van der Waals surface area contributed by atoms with Crippen LogP contribution in [0.1, 0.15) is 14.5 Å². The molecule has 0 saturated carbocycles. The summed E-state index contributed by atoms with van der Waals surface area (Å²) in [5.74, 6) is -0.778. The number of thiophene rings is 1. The van der Waals surface area contributed by atoms with E-state index in [9.17, 15) is 18.0 Å². The molecule has 72 valence electrons. The maximum absolute atomic E-state index is 12.0. The number of rotatable bonds is 2. The predicted molar refractivity (Wildman–Crippen MR) is 44.4 cm³/mol. The van der Waals surface area contributed by atoms with Crippen molar-refractivity contribution in [3.8, 4) is 0 Å². The van der Waals surface area contributed by atoms with E-state index in [0.717, 1.165) is 12.1 Å². The Hall–Kier alpha value is -0.550. The lowest BCUT2D eigenvalue weighted by Gasteiger charge is -2.00. The number of carbonyl (C=O) groups excluding carboxylic acids is 1. The Morgan fingerprint density at radius 1 is 1.46 bits per heavy atom. The smallest absolute Gasteiger partial charge is 0.292 e. The van der Waals surface area contributed by atoms with Gasteiger partial charge in [0.05, 0.1) is 10.8 Å². The average molecular weight is 229 g/mol. The van der Waals surface area contributed by atoms with Gasteiger partial charge < -0.3 is 0 Å². The summed E-state index contributed by atoms with van der Waals surface area (Å²) in [6, 6.07) is 2.02. The van der Waals surface area contributed by atoms with E-state index in [0.29, 0.717) is 11.3 Å². The van der Waals surface area contributed by atoms with Gasteiger partial charge in [0, 0.05) is 0 Å². The Labute approximate surface area is 81.1 Å². The van der Waals surface area contributed by atoms with Crippen LogP contribution in [0.4, 0.5) is 13.2 Å². The fourth-order valence-corrected chi connectivity index (χ4v) is 1.74. The highest BCUT2D eigenvalue weighted by Crippen LogP contribution is 2.34. The van der Waals surface area contributed by atoms with Gasteiger partial charge in [-0.05, 0) is 12.1 Å². The third-order valence-electron chi connectivity index (χ3n) is 1.28. The third kappa shape index (κ3) is 2.45. The van der Waals surface area contributed by atoms with Crippen LogP contribution in [0.3, 0.4) is 0 Å². The van der Waals surface area contributed by atoms with Gasteiger partial charge in [0.15, 0.2) is 5.78 Å². The van der Waals surface area contributed by atoms with Crippen LogP contribution in [-0.2, 0) is 6.18 Å². The molecule has 1 aromatic rings. The molecule has 0 aliphatic carbocycles. The molecule has 1 heterocycles. The summed E-state index contributed by atoms with van der Waals surface area (Å²) < 4.78 is 36.1. The fourth-order valence-electron chi connectivity index (χ4n) is 0.706. The number of hydrogen-bond donors (Lipinski definition) is 0. The second-order valence-corrected chi connectivity index (χ2v) is 3.57. The Balaban J connectivity index is 2.93. The first-order chi connectivity index (χ1) is 5.95. The van der Waals surface area contributed by atoms with Crippen LogP contribution in [0, 0.1) is 0 Å². The van der Waals surface area contributed by atoms with Crippen molar-refractivity contribution in [2.24, 2.45) is 0 Å². The van der Waals surface area contributed by atoms with E-state index in [1.165, 1.54) is 0 Å². The van der Waals surface area contributed by atoms with Crippen LogP contribution in [-0.4, -0.2) is 11.7 Å². The van der Waals surface area contributed by atoms with Gasteiger partial charge in [-0.15, -0.1) is 22.9 Å². The van der Waals surface area contributed by atoms with Gasteiger partial charge >= 0.3 is 6.18 Å². The van der Waals surface area contributed by atoms with E-state index in [-0.39, 0.29) is 10.8 Å². The molecule has 0 saturated heterocycles. The van der Waals surface area contributed by atoms with Crippen molar-refractivity contribution in [1.29, 1.82) is 0 Å². The zero-order valence-corrected chi connectivity index (χ0v) is 7.76. The largest absolute Gasteiger partial charge is 0.425 e. The molecule has 0 fully saturated rings. The van der Waals surface area contributed by atoms with Gasteiger partial charge in [0.25, 0.3) is 0 Å². The minimum Gasteiger partial charge on any atom is -0.292 e. The first-order valence-electron chi connectivity index (χ1n) is 3.21. The van der Waals surface area contributed by atoms with Crippen LogP contribution < -0.4 is 0 Å². The van der Waals surface area contributed by atoms with E-state index >= 15 is 0 Å². The summed E-state index contributed by atoms with van der Waals surface area (Å²) in [5.41, 5.74) is 0. The van der Waals surface area contributed by atoms with Crippen LogP contribution in [0.2, 0.25) is 0 Å². The van der Waals surface area contributed by atoms with Gasteiger partial charge in [0.2, 0.25) is 0 Å². The fraction of sp³-hybridized carbons (Fsp3) is 0.286. The number of hydrogen-bond acceptors (Lipinski definition) is 2. The molecule has 6 heteroatoms. The molecule has 0 aliphatic rings. The highest BCUT2D eigenvalue weighted by molar-refractivity contribution is 7.14. The molecule has 0 aromatic carbocycles. The van der Waals surface area contributed by atoms with Crippen LogP contribution in [0.15, 0.2) is 12.1 Å². The molecule has 0 spiro atoms. The molecule has 13 heavy (non-hydrogen) atoms. The summed E-state index contributed by atoms with van der Waals surface area (Å²) >= 11 is 5.60. The second kappa shape index (κ2) is 3.67. The lowest BCUT2D eigenvalue weighted by atomic mass is 10.3. The van der Waals surface area contributed by atoms with Crippen LogP contribution >= 0.6 is 22.9 Å². The molecule has 1 rings (SSSR count). The van der Waals surface area contributed by atoms with Crippen molar-refractivity contribution in [1.82, 2.24) is 0 Å². The lowest BCUT2D eigenvalue weighted by Crippen LogP contribution is -2.01. The highest BCUT2D eigenvalue weighted by atomic mass is 35.5. The van der Waals surface area contributed by atoms with Gasteiger partial charge in [-0.1, -0.05) is 0 Å². The molecule has 0 N–H and O–H groups in total. The van der Waals surface area contributed by atoms with Gasteiger partial charge in [-0.2, -0.15) is 13.2 Å². The quantitative estimate of drug-likeness (QED) is 0.561. The van der Waals surface area contributed by atoms with E-state index in [1.807, 2.05) is 0 Å². The molecule has 1 aromatic heterocycles. The minimum atomic E-state index is -4.38. The summed E-state index contributed by atoms with van der Waals surface area (Å²) in [6.45, 7) is 0. The Kier molecular flexibility index (Phi) is 2.98. The molecule has 0 atom stereocenters. The van der Waals surface area contributed by atoms with Crippen LogP contribution in [0.25, 0.3) is 0 Å². The van der Waals surface area contributed by atoms with Crippen molar-refractivity contribution in [3.05, 3.63) is 21.9 Å². The zero-order chi connectivity index (χ0) is 10.1. The number of Topliss-reactive ketones (excluding diaryl/α,β-unsaturated/α-hetero) is 1. The molecule has 0 unspecified atom stereocenters. The summed E-state index contributed by atoms with van der Waals surface area (Å²) in [5, 5.41) is 0. The minimum absolute atomic E-state index is 0.0438. The van der Waals surface area contributed by atoms with Crippen molar-refractivity contribution >= 4 is 28.7 Å². The number of carbonyl (C=O) groups is 1. The Bertz CT molecular complexity index is 318. The molecule has 0 aliphatic heterocycles. The molecule has 1 nitrogen and oxygen atoms in total. The van der Waals surface area contributed by atoms with E-state index in [2.05, 4.69) is 0 Å². The molecule has 0 radical (unpaired) electrons. The van der Waals surface area contributed by atoms with Crippen molar-refractivity contribution < 1.29 is 18.0 Å². The summed E-state index contributed by atoms with van der Waals surface area (Å²) in [7, 11) is 0. The number of alkyl halides is 4. The third-order valence-corrected chi connectivity index (χ3v) is 2.70. The topological polar surface area (TPSA) is 17.1 Å². The monoisotopic (exact) mass is 228 g/mol. The van der Waals surface area contributed by atoms with Crippen molar-refractivity contribution in [2.75, 3.05) is 5.88 Å². The maximum Gasteiger partial charge on any atom is 0.425 e. The van der Waals surface area contributed by atoms with Crippen LogP contribution in [0.5, 0.6) is 0 Å². The molecule has 0 amide bonds. The highest BCUT2D eigenvalue weighted by Gasteiger charge is 2.32.